The predicted molar refractivity (Wildman–Crippen MR) is 63.3 cm³/mol. The normalized spacial score (nSPS) is 35.7. The van der Waals surface area contributed by atoms with Crippen LogP contribution < -0.4 is 0 Å². The van der Waals surface area contributed by atoms with Gasteiger partial charge in [0, 0.05) is 19.1 Å². The van der Waals surface area contributed by atoms with Crippen LogP contribution in [0.1, 0.15) is 40.0 Å². The first-order chi connectivity index (χ1) is 7.39. The van der Waals surface area contributed by atoms with E-state index in [1.807, 2.05) is 0 Å². The van der Waals surface area contributed by atoms with Gasteiger partial charge in [0.15, 0.2) is 0 Å². The summed E-state index contributed by atoms with van der Waals surface area (Å²) in [6.07, 6.45) is 3.78. The van der Waals surface area contributed by atoms with Gasteiger partial charge in [-0.25, -0.2) is 0 Å². The molecule has 1 N–H and O–H groups in total. The zero-order valence-corrected chi connectivity index (χ0v) is 10.6. The molecule has 0 bridgehead atoms. The van der Waals surface area contributed by atoms with Crippen LogP contribution in [-0.4, -0.2) is 35.1 Å². The second-order valence-electron chi connectivity index (χ2n) is 6.44. The standard InChI is InChI=1S/C13H23NO2/c1-9-6-13(2,3)5-4-11(9)14-7-10(8-14)12(15)16/h9-11H,4-8H2,1-3H3,(H,15,16). The Morgan fingerprint density at radius 2 is 2.00 bits per heavy atom. The molecule has 2 unspecified atom stereocenters. The van der Waals surface area contributed by atoms with Gasteiger partial charge in [0.25, 0.3) is 0 Å². The summed E-state index contributed by atoms with van der Waals surface area (Å²) in [5.74, 6) is -0.0272. The van der Waals surface area contributed by atoms with Gasteiger partial charge in [0.2, 0.25) is 0 Å². The third-order valence-electron chi connectivity index (χ3n) is 4.38. The molecule has 0 spiro atoms. The van der Waals surface area contributed by atoms with Gasteiger partial charge in [-0.05, 0) is 30.6 Å². The molecule has 0 aromatic rings. The molecule has 1 aliphatic heterocycles. The molecular weight excluding hydrogens is 202 g/mol. The Bertz CT molecular complexity index is 282. The quantitative estimate of drug-likeness (QED) is 0.783. The van der Waals surface area contributed by atoms with Gasteiger partial charge in [-0.3, -0.25) is 9.69 Å². The van der Waals surface area contributed by atoms with Gasteiger partial charge >= 0.3 is 5.97 Å². The Balaban J connectivity index is 1.86. The van der Waals surface area contributed by atoms with Crippen molar-refractivity contribution in [3.8, 4) is 0 Å². The highest BCUT2D eigenvalue weighted by molar-refractivity contribution is 5.71. The highest BCUT2D eigenvalue weighted by Crippen LogP contribution is 2.41. The maximum atomic E-state index is 10.8. The minimum atomic E-state index is -0.625. The number of aliphatic carboxylic acids is 1. The van der Waals surface area contributed by atoms with Crippen LogP contribution in [0.15, 0.2) is 0 Å². The Labute approximate surface area is 97.8 Å². The molecule has 1 saturated heterocycles. The summed E-state index contributed by atoms with van der Waals surface area (Å²) in [5, 5.41) is 8.87. The van der Waals surface area contributed by atoms with Gasteiger partial charge in [0.1, 0.15) is 0 Å². The maximum absolute atomic E-state index is 10.8. The van der Waals surface area contributed by atoms with Crippen molar-refractivity contribution in [3.05, 3.63) is 0 Å². The molecule has 92 valence electrons. The van der Waals surface area contributed by atoms with Crippen LogP contribution in [0.4, 0.5) is 0 Å². The number of hydrogen-bond donors (Lipinski definition) is 1. The summed E-state index contributed by atoms with van der Waals surface area (Å²) in [6, 6.07) is 0.628. The van der Waals surface area contributed by atoms with Crippen molar-refractivity contribution in [2.75, 3.05) is 13.1 Å². The Kier molecular flexibility index (Phi) is 2.99. The summed E-state index contributed by atoms with van der Waals surface area (Å²) in [6.45, 7) is 8.54. The zero-order valence-electron chi connectivity index (χ0n) is 10.6. The number of nitrogens with zero attached hydrogens (tertiary/aromatic N) is 1. The van der Waals surface area contributed by atoms with E-state index in [4.69, 9.17) is 5.11 Å². The van der Waals surface area contributed by atoms with E-state index in [0.717, 1.165) is 13.1 Å². The van der Waals surface area contributed by atoms with Gasteiger partial charge in [-0.1, -0.05) is 20.8 Å². The van der Waals surface area contributed by atoms with Crippen molar-refractivity contribution < 1.29 is 9.90 Å². The molecule has 2 fully saturated rings. The third-order valence-corrected chi connectivity index (χ3v) is 4.38. The third kappa shape index (κ3) is 2.24. The van der Waals surface area contributed by atoms with E-state index in [2.05, 4.69) is 25.7 Å². The SMILES string of the molecule is CC1CC(C)(C)CCC1N1CC(C(=O)O)C1. The molecular formula is C13H23NO2. The second-order valence-corrected chi connectivity index (χ2v) is 6.44. The van der Waals surface area contributed by atoms with E-state index in [9.17, 15) is 4.79 Å². The monoisotopic (exact) mass is 225 g/mol. The van der Waals surface area contributed by atoms with E-state index in [0.29, 0.717) is 17.4 Å². The lowest BCUT2D eigenvalue weighted by molar-refractivity contribution is -0.150. The summed E-state index contributed by atoms with van der Waals surface area (Å²) in [4.78, 5) is 13.1. The van der Waals surface area contributed by atoms with Crippen LogP contribution in [-0.2, 0) is 4.79 Å². The number of carbonyl (C=O) groups is 1. The van der Waals surface area contributed by atoms with Gasteiger partial charge in [-0.15, -0.1) is 0 Å². The highest BCUT2D eigenvalue weighted by atomic mass is 16.4. The van der Waals surface area contributed by atoms with E-state index < -0.39 is 5.97 Å². The Hall–Kier alpha value is -0.570. The zero-order chi connectivity index (χ0) is 11.9. The lowest BCUT2D eigenvalue weighted by atomic mass is 9.69. The van der Waals surface area contributed by atoms with Crippen LogP contribution in [0, 0.1) is 17.3 Å². The van der Waals surface area contributed by atoms with Crippen LogP contribution in [0.25, 0.3) is 0 Å². The number of likely N-dealkylation sites (tertiary alicyclic amines) is 1. The number of carboxylic acids is 1. The molecule has 1 saturated carbocycles. The molecule has 2 rings (SSSR count). The minimum Gasteiger partial charge on any atom is -0.481 e. The average Bonchev–Trinajstić information content (AvgIpc) is 2.04. The van der Waals surface area contributed by atoms with Crippen molar-refractivity contribution in [1.82, 2.24) is 4.90 Å². The van der Waals surface area contributed by atoms with Gasteiger partial charge in [-0.2, -0.15) is 0 Å². The second kappa shape index (κ2) is 4.02. The fraction of sp³-hybridized carbons (Fsp3) is 0.923. The van der Waals surface area contributed by atoms with E-state index in [-0.39, 0.29) is 5.92 Å². The lowest BCUT2D eigenvalue weighted by Crippen LogP contribution is -2.57. The van der Waals surface area contributed by atoms with E-state index in [1.54, 1.807) is 0 Å². The topological polar surface area (TPSA) is 40.5 Å². The minimum absolute atomic E-state index is 0.109. The number of hydrogen-bond acceptors (Lipinski definition) is 2. The van der Waals surface area contributed by atoms with Crippen LogP contribution in [0.2, 0.25) is 0 Å². The van der Waals surface area contributed by atoms with Crippen LogP contribution in [0.3, 0.4) is 0 Å². The summed E-state index contributed by atoms with van der Waals surface area (Å²) in [7, 11) is 0. The summed E-state index contributed by atoms with van der Waals surface area (Å²) < 4.78 is 0. The molecule has 0 amide bonds. The summed E-state index contributed by atoms with van der Waals surface area (Å²) >= 11 is 0. The molecule has 2 aliphatic rings. The maximum Gasteiger partial charge on any atom is 0.309 e. The summed E-state index contributed by atoms with van der Waals surface area (Å²) in [5.41, 5.74) is 0.479. The molecule has 3 nitrogen and oxygen atoms in total. The average molecular weight is 225 g/mol. The Morgan fingerprint density at radius 3 is 2.50 bits per heavy atom. The molecule has 0 radical (unpaired) electrons. The van der Waals surface area contributed by atoms with E-state index >= 15 is 0 Å². The molecule has 3 heteroatoms. The van der Waals surface area contributed by atoms with Crippen molar-refractivity contribution >= 4 is 5.97 Å². The van der Waals surface area contributed by atoms with Gasteiger partial charge < -0.3 is 5.11 Å². The first kappa shape index (κ1) is 11.9. The van der Waals surface area contributed by atoms with Gasteiger partial charge in [0.05, 0.1) is 5.92 Å². The van der Waals surface area contributed by atoms with Crippen LogP contribution in [0.5, 0.6) is 0 Å². The first-order valence-electron chi connectivity index (χ1n) is 6.36. The molecule has 1 aliphatic carbocycles. The van der Waals surface area contributed by atoms with Crippen molar-refractivity contribution in [3.63, 3.8) is 0 Å². The first-order valence-corrected chi connectivity index (χ1v) is 6.36. The van der Waals surface area contributed by atoms with Crippen molar-refractivity contribution in [1.29, 1.82) is 0 Å². The van der Waals surface area contributed by atoms with Crippen molar-refractivity contribution in [2.24, 2.45) is 17.3 Å². The van der Waals surface area contributed by atoms with Crippen LogP contribution >= 0.6 is 0 Å². The number of rotatable bonds is 2. The molecule has 2 atom stereocenters. The smallest absolute Gasteiger partial charge is 0.309 e. The molecule has 16 heavy (non-hydrogen) atoms. The lowest BCUT2D eigenvalue weighted by Gasteiger charge is -2.49. The van der Waals surface area contributed by atoms with Crippen molar-refractivity contribution in [2.45, 2.75) is 46.1 Å². The molecule has 1 heterocycles. The Morgan fingerprint density at radius 1 is 1.38 bits per heavy atom. The molecule has 0 aromatic heterocycles. The van der Waals surface area contributed by atoms with E-state index in [1.165, 1.54) is 19.3 Å². The predicted octanol–water partition coefficient (Wildman–Crippen LogP) is 2.22. The number of carboxylic acid groups (broad SMARTS) is 1. The largest absolute Gasteiger partial charge is 0.481 e. The fourth-order valence-electron chi connectivity index (χ4n) is 3.41. The molecule has 0 aromatic carbocycles. The highest BCUT2D eigenvalue weighted by Gasteiger charge is 2.42. The fourth-order valence-corrected chi connectivity index (χ4v) is 3.41.